The highest BCUT2D eigenvalue weighted by Gasteiger charge is 2.18. The molecule has 96 valence electrons. The zero-order valence-electron chi connectivity index (χ0n) is 11.1. The van der Waals surface area contributed by atoms with E-state index in [4.69, 9.17) is 5.73 Å². The van der Waals surface area contributed by atoms with Crippen LogP contribution in [0, 0.1) is 5.92 Å². The zero-order chi connectivity index (χ0) is 13.0. The number of benzene rings is 1. The molecule has 1 unspecified atom stereocenters. The van der Waals surface area contributed by atoms with Crippen molar-refractivity contribution in [2.45, 2.75) is 32.7 Å². The number of nitrogens with zero attached hydrogens (tertiary/aromatic N) is 2. The lowest BCUT2D eigenvalue weighted by molar-refractivity contribution is 0.397. The van der Waals surface area contributed by atoms with Crippen molar-refractivity contribution in [3.05, 3.63) is 48.3 Å². The van der Waals surface area contributed by atoms with Gasteiger partial charge in [-0.1, -0.05) is 44.9 Å². The summed E-state index contributed by atoms with van der Waals surface area (Å²) in [4.78, 5) is 0. The average Bonchev–Trinajstić information content (AvgIpc) is 2.90. The van der Waals surface area contributed by atoms with Crippen LogP contribution in [0.3, 0.4) is 0 Å². The van der Waals surface area contributed by atoms with Crippen molar-refractivity contribution in [2.75, 3.05) is 0 Å². The molecular formula is C15H21N3. The van der Waals surface area contributed by atoms with Crippen molar-refractivity contribution >= 4 is 0 Å². The Hall–Kier alpha value is -1.61. The molecule has 1 heterocycles. The highest BCUT2D eigenvalue weighted by atomic mass is 15.3. The summed E-state index contributed by atoms with van der Waals surface area (Å²) in [5.74, 6) is 0.504. The van der Waals surface area contributed by atoms with E-state index in [0.717, 1.165) is 24.2 Å². The molecule has 1 atom stereocenters. The first-order valence-corrected chi connectivity index (χ1v) is 6.62. The van der Waals surface area contributed by atoms with Gasteiger partial charge in [-0.15, -0.1) is 0 Å². The molecule has 0 radical (unpaired) electrons. The molecule has 0 bridgehead atoms. The quantitative estimate of drug-likeness (QED) is 0.875. The zero-order valence-corrected chi connectivity index (χ0v) is 11.1. The van der Waals surface area contributed by atoms with Crippen LogP contribution in [0.2, 0.25) is 0 Å². The monoisotopic (exact) mass is 243 g/mol. The number of para-hydroxylation sites is 1. The van der Waals surface area contributed by atoms with Crippen molar-refractivity contribution in [1.29, 1.82) is 0 Å². The first kappa shape index (κ1) is 12.8. The molecule has 2 aromatic rings. The van der Waals surface area contributed by atoms with Crippen molar-refractivity contribution in [1.82, 2.24) is 9.78 Å². The molecule has 0 amide bonds. The largest absolute Gasteiger partial charge is 0.322 e. The smallest absolute Gasteiger partial charge is 0.0799 e. The maximum Gasteiger partial charge on any atom is 0.0799 e. The normalized spacial score (nSPS) is 12.9. The third kappa shape index (κ3) is 2.62. The van der Waals surface area contributed by atoms with Gasteiger partial charge < -0.3 is 5.73 Å². The van der Waals surface area contributed by atoms with Crippen LogP contribution in [0.5, 0.6) is 0 Å². The molecule has 0 spiro atoms. The lowest BCUT2D eigenvalue weighted by atomic mass is 9.93. The number of nitrogens with two attached hydrogens (primary N) is 1. The molecule has 1 aromatic heterocycles. The van der Waals surface area contributed by atoms with Crippen LogP contribution in [0.1, 0.15) is 38.4 Å². The van der Waals surface area contributed by atoms with Crippen LogP contribution in [-0.4, -0.2) is 9.78 Å². The Morgan fingerprint density at radius 3 is 2.39 bits per heavy atom. The van der Waals surface area contributed by atoms with Gasteiger partial charge in [-0.05, 0) is 24.1 Å². The summed E-state index contributed by atoms with van der Waals surface area (Å²) >= 11 is 0. The molecule has 1 aromatic carbocycles. The summed E-state index contributed by atoms with van der Waals surface area (Å²) in [6.07, 6.45) is 4.17. The third-order valence-electron chi connectivity index (χ3n) is 3.53. The van der Waals surface area contributed by atoms with Crippen molar-refractivity contribution < 1.29 is 0 Å². The maximum absolute atomic E-state index is 6.28. The highest BCUT2D eigenvalue weighted by molar-refractivity contribution is 5.30. The Labute approximate surface area is 109 Å². The van der Waals surface area contributed by atoms with Gasteiger partial charge in [-0.25, -0.2) is 4.68 Å². The fourth-order valence-electron chi connectivity index (χ4n) is 2.28. The second kappa shape index (κ2) is 5.83. The van der Waals surface area contributed by atoms with E-state index >= 15 is 0 Å². The highest BCUT2D eigenvalue weighted by Crippen LogP contribution is 2.24. The van der Waals surface area contributed by atoms with Crippen LogP contribution in [0.4, 0.5) is 0 Å². The van der Waals surface area contributed by atoms with Crippen molar-refractivity contribution in [2.24, 2.45) is 11.7 Å². The Balaban J connectivity index is 2.20. The summed E-state index contributed by atoms with van der Waals surface area (Å²) in [5, 5.41) is 4.59. The predicted molar refractivity (Wildman–Crippen MR) is 74.6 cm³/mol. The van der Waals surface area contributed by atoms with Gasteiger partial charge in [0.05, 0.1) is 17.4 Å². The van der Waals surface area contributed by atoms with Gasteiger partial charge in [0.25, 0.3) is 0 Å². The summed E-state index contributed by atoms with van der Waals surface area (Å²) in [6, 6.07) is 12.2. The number of aromatic nitrogens is 2. The van der Waals surface area contributed by atoms with E-state index in [9.17, 15) is 0 Å². The van der Waals surface area contributed by atoms with E-state index in [-0.39, 0.29) is 6.04 Å². The molecule has 2 N–H and O–H groups in total. The Bertz CT molecular complexity index is 471. The SMILES string of the molecule is CCC(CC)C(N)c1ccn(-c2ccccc2)n1. The van der Waals surface area contributed by atoms with E-state index in [1.54, 1.807) is 0 Å². The molecule has 3 heteroatoms. The lowest BCUT2D eigenvalue weighted by Gasteiger charge is -2.18. The topological polar surface area (TPSA) is 43.8 Å². The van der Waals surface area contributed by atoms with Gasteiger partial charge in [-0.2, -0.15) is 5.10 Å². The average molecular weight is 243 g/mol. The van der Waals surface area contributed by atoms with Crippen LogP contribution >= 0.6 is 0 Å². The predicted octanol–water partition coefficient (Wildman–Crippen LogP) is 3.31. The van der Waals surface area contributed by atoms with E-state index in [1.165, 1.54) is 0 Å². The molecule has 0 fully saturated rings. The van der Waals surface area contributed by atoms with E-state index in [1.807, 2.05) is 47.3 Å². The molecule has 0 saturated heterocycles. The fraction of sp³-hybridized carbons (Fsp3) is 0.400. The van der Waals surface area contributed by atoms with Gasteiger partial charge in [0, 0.05) is 6.20 Å². The van der Waals surface area contributed by atoms with Crippen LogP contribution in [0.15, 0.2) is 42.6 Å². The van der Waals surface area contributed by atoms with E-state index in [0.29, 0.717) is 5.92 Å². The molecule has 18 heavy (non-hydrogen) atoms. The lowest BCUT2D eigenvalue weighted by Crippen LogP contribution is -2.21. The third-order valence-corrected chi connectivity index (χ3v) is 3.53. The van der Waals surface area contributed by atoms with Crippen LogP contribution in [-0.2, 0) is 0 Å². The second-order valence-corrected chi connectivity index (χ2v) is 4.62. The van der Waals surface area contributed by atoms with E-state index in [2.05, 4.69) is 18.9 Å². The van der Waals surface area contributed by atoms with Gasteiger partial charge in [-0.3, -0.25) is 0 Å². The van der Waals surface area contributed by atoms with Crippen molar-refractivity contribution in [3.8, 4) is 5.69 Å². The summed E-state index contributed by atoms with van der Waals surface area (Å²) in [7, 11) is 0. The fourth-order valence-corrected chi connectivity index (χ4v) is 2.28. The number of rotatable bonds is 5. The molecule has 3 nitrogen and oxygen atoms in total. The summed E-state index contributed by atoms with van der Waals surface area (Å²) in [5.41, 5.74) is 8.32. The van der Waals surface area contributed by atoms with Crippen LogP contribution in [0.25, 0.3) is 5.69 Å². The van der Waals surface area contributed by atoms with Gasteiger partial charge in [0.1, 0.15) is 0 Å². The molecular weight excluding hydrogens is 222 g/mol. The minimum atomic E-state index is 0.0324. The molecule has 0 aliphatic carbocycles. The summed E-state index contributed by atoms with van der Waals surface area (Å²) < 4.78 is 1.89. The number of hydrogen-bond donors (Lipinski definition) is 1. The van der Waals surface area contributed by atoms with Gasteiger partial charge in [0.15, 0.2) is 0 Å². The molecule has 0 saturated carbocycles. The molecule has 2 rings (SSSR count). The molecule has 0 aliphatic rings. The van der Waals surface area contributed by atoms with Gasteiger partial charge in [0.2, 0.25) is 0 Å². The standard InChI is InChI=1S/C15H21N3/c1-3-12(4-2)15(16)14-10-11-18(17-14)13-8-6-5-7-9-13/h5-12,15H,3-4,16H2,1-2H3. The van der Waals surface area contributed by atoms with Gasteiger partial charge >= 0.3 is 0 Å². The minimum absolute atomic E-state index is 0.0324. The number of hydrogen-bond acceptors (Lipinski definition) is 2. The van der Waals surface area contributed by atoms with E-state index < -0.39 is 0 Å². The molecule has 0 aliphatic heterocycles. The van der Waals surface area contributed by atoms with Crippen LogP contribution < -0.4 is 5.73 Å². The Kier molecular flexibility index (Phi) is 4.15. The first-order valence-electron chi connectivity index (χ1n) is 6.62. The Morgan fingerprint density at radius 2 is 1.78 bits per heavy atom. The Morgan fingerprint density at radius 1 is 1.11 bits per heavy atom. The van der Waals surface area contributed by atoms with Crippen molar-refractivity contribution in [3.63, 3.8) is 0 Å². The first-order chi connectivity index (χ1) is 8.76. The summed E-state index contributed by atoms with van der Waals surface area (Å²) in [6.45, 7) is 4.37. The second-order valence-electron chi connectivity index (χ2n) is 4.62. The maximum atomic E-state index is 6.28. The minimum Gasteiger partial charge on any atom is -0.322 e.